The van der Waals surface area contributed by atoms with E-state index in [2.05, 4.69) is 41.4 Å². The van der Waals surface area contributed by atoms with E-state index in [1.807, 2.05) is 26.2 Å². The molecule has 0 fully saturated rings. The summed E-state index contributed by atoms with van der Waals surface area (Å²) in [5.74, 6) is 0.979. The first-order valence-corrected chi connectivity index (χ1v) is 6.28. The first-order chi connectivity index (χ1) is 8.70. The van der Waals surface area contributed by atoms with E-state index in [9.17, 15) is 0 Å². The molecule has 0 aliphatic heterocycles. The second-order valence-electron chi connectivity index (χ2n) is 4.57. The Balaban J connectivity index is 2.15. The molecule has 1 aromatic heterocycles. The molecule has 1 unspecified atom stereocenters. The second kappa shape index (κ2) is 5.63. The van der Waals surface area contributed by atoms with Gasteiger partial charge >= 0.3 is 0 Å². The van der Waals surface area contributed by atoms with Crippen molar-refractivity contribution in [1.82, 2.24) is 0 Å². The summed E-state index contributed by atoms with van der Waals surface area (Å²) in [6, 6.07) is 12.5. The third-order valence-electron chi connectivity index (χ3n) is 3.00. The molecule has 0 radical (unpaired) electrons. The van der Waals surface area contributed by atoms with Gasteiger partial charge in [0.2, 0.25) is 0 Å². The van der Waals surface area contributed by atoms with Crippen molar-refractivity contribution in [2.24, 2.45) is 0 Å². The Kier molecular flexibility index (Phi) is 3.92. The quantitative estimate of drug-likeness (QED) is 0.864. The molecule has 2 rings (SSSR count). The zero-order chi connectivity index (χ0) is 13.0. The molecule has 1 N–H and O–H groups in total. The fraction of sp³-hybridized carbons (Fsp3) is 0.333. The Hall–Kier alpha value is -1.90. The lowest BCUT2D eigenvalue weighted by atomic mass is 10.1. The van der Waals surface area contributed by atoms with Crippen LogP contribution in [0.4, 0.5) is 11.4 Å². The Labute approximate surface area is 108 Å². The van der Waals surface area contributed by atoms with Crippen molar-refractivity contribution in [1.29, 1.82) is 0 Å². The lowest BCUT2D eigenvalue weighted by molar-refractivity contribution is 0.474. The molecule has 0 saturated carbocycles. The van der Waals surface area contributed by atoms with Crippen molar-refractivity contribution in [3.63, 3.8) is 0 Å². The second-order valence-corrected chi connectivity index (χ2v) is 4.57. The highest BCUT2D eigenvalue weighted by Gasteiger charge is 2.11. The molecule has 0 amide bonds. The maximum absolute atomic E-state index is 5.46. The van der Waals surface area contributed by atoms with Gasteiger partial charge in [0.15, 0.2) is 0 Å². The highest BCUT2D eigenvalue weighted by molar-refractivity contribution is 5.58. The average molecular weight is 244 g/mol. The van der Waals surface area contributed by atoms with Crippen LogP contribution in [0.1, 0.15) is 25.1 Å². The first-order valence-electron chi connectivity index (χ1n) is 6.28. The highest BCUT2D eigenvalue weighted by Crippen LogP contribution is 2.25. The minimum absolute atomic E-state index is 0.220. The fourth-order valence-corrected chi connectivity index (χ4v) is 1.94. The standard InChI is InChI=1S/C15H20N2O/c1-4-14(15-9-6-10-18-15)16-12-7-5-8-13(11-12)17(2)3/h5-11,14,16H,4H2,1-3H3. The van der Waals surface area contributed by atoms with Crippen LogP contribution < -0.4 is 10.2 Å². The zero-order valence-electron chi connectivity index (χ0n) is 11.2. The molecular formula is C15H20N2O. The lowest BCUT2D eigenvalue weighted by Crippen LogP contribution is -2.11. The van der Waals surface area contributed by atoms with Crippen LogP contribution in [0.25, 0.3) is 0 Å². The summed E-state index contributed by atoms with van der Waals surface area (Å²) in [4.78, 5) is 2.10. The van der Waals surface area contributed by atoms with Gasteiger partial charge < -0.3 is 14.6 Å². The third-order valence-corrected chi connectivity index (χ3v) is 3.00. The van der Waals surface area contributed by atoms with Crippen LogP contribution in [0.3, 0.4) is 0 Å². The van der Waals surface area contributed by atoms with E-state index in [4.69, 9.17) is 4.42 Å². The van der Waals surface area contributed by atoms with Gasteiger partial charge in [-0.2, -0.15) is 0 Å². The number of furan rings is 1. The summed E-state index contributed by atoms with van der Waals surface area (Å²) in [6.45, 7) is 2.15. The van der Waals surface area contributed by atoms with Crippen LogP contribution in [0, 0.1) is 0 Å². The number of hydrogen-bond acceptors (Lipinski definition) is 3. The molecule has 0 spiro atoms. The molecule has 18 heavy (non-hydrogen) atoms. The monoisotopic (exact) mass is 244 g/mol. The van der Waals surface area contributed by atoms with Crippen LogP contribution in [0.2, 0.25) is 0 Å². The molecule has 96 valence electrons. The maximum Gasteiger partial charge on any atom is 0.125 e. The van der Waals surface area contributed by atoms with Gasteiger partial charge in [0, 0.05) is 25.5 Å². The summed E-state index contributed by atoms with van der Waals surface area (Å²) in [5.41, 5.74) is 2.30. The molecule has 0 saturated heterocycles. The van der Waals surface area contributed by atoms with Crippen molar-refractivity contribution >= 4 is 11.4 Å². The van der Waals surface area contributed by atoms with Gasteiger partial charge in [0.05, 0.1) is 12.3 Å². The minimum atomic E-state index is 0.220. The van der Waals surface area contributed by atoms with Gasteiger partial charge in [-0.05, 0) is 36.8 Å². The van der Waals surface area contributed by atoms with Crippen LogP contribution >= 0.6 is 0 Å². The van der Waals surface area contributed by atoms with E-state index >= 15 is 0 Å². The van der Waals surface area contributed by atoms with Crippen molar-refractivity contribution in [2.45, 2.75) is 19.4 Å². The normalized spacial score (nSPS) is 12.2. The summed E-state index contributed by atoms with van der Waals surface area (Å²) >= 11 is 0. The topological polar surface area (TPSA) is 28.4 Å². The molecule has 3 nitrogen and oxygen atoms in total. The maximum atomic E-state index is 5.46. The Morgan fingerprint density at radius 2 is 2.06 bits per heavy atom. The predicted octanol–water partition coefficient (Wildman–Crippen LogP) is 3.91. The molecule has 3 heteroatoms. The molecular weight excluding hydrogens is 224 g/mol. The van der Waals surface area contributed by atoms with E-state index in [0.717, 1.165) is 17.9 Å². The van der Waals surface area contributed by atoms with E-state index in [1.54, 1.807) is 6.26 Å². The van der Waals surface area contributed by atoms with Crippen LogP contribution in [-0.4, -0.2) is 14.1 Å². The SMILES string of the molecule is CCC(Nc1cccc(N(C)C)c1)c1ccco1. The van der Waals surface area contributed by atoms with Crippen molar-refractivity contribution < 1.29 is 4.42 Å². The molecule has 0 aliphatic carbocycles. The largest absolute Gasteiger partial charge is 0.467 e. The molecule has 1 heterocycles. The van der Waals surface area contributed by atoms with Gasteiger partial charge in [-0.25, -0.2) is 0 Å². The van der Waals surface area contributed by atoms with Gasteiger partial charge in [0.25, 0.3) is 0 Å². The van der Waals surface area contributed by atoms with Gasteiger partial charge in [0.1, 0.15) is 5.76 Å². The number of benzene rings is 1. The van der Waals surface area contributed by atoms with Crippen molar-refractivity contribution in [3.8, 4) is 0 Å². The molecule has 0 aliphatic rings. The van der Waals surface area contributed by atoms with Crippen molar-refractivity contribution in [2.75, 3.05) is 24.3 Å². The van der Waals surface area contributed by atoms with Gasteiger partial charge in [-0.15, -0.1) is 0 Å². The van der Waals surface area contributed by atoms with Crippen LogP contribution in [-0.2, 0) is 0 Å². The predicted molar refractivity (Wildman–Crippen MR) is 76.1 cm³/mol. The van der Waals surface area contributed by atoms with Crippen molar-refractivity contribution in [3.05, 3.63) is 48.4 Å². The van der Waals surface area contributed by atoms with E-state index < -0.39 is 0 Å². The third kappa shape index (κ3) is 2.86. The number of nitrogens with zero attached hydrogens (tertiary/aromatic N) is 1. The first kappa shape index (κ1) is 12.6. The number of rotatable bonds is 5. The van der Waals surface area contributed by atoms with E-state index in [-0.39, 0.29) is 6.04 Å². The Morgan fingerprint density at radius 1 is 1.22 bits per heavy atom. The van der Waals surface area contributed by atoms with Gasteiger partial charge in [-0.1, -0.05) is 13.0 Å². The molecule has 2 aromatic rings. The molecule has 1 aromatic carbocycles. The summed E-state index contributed by atoms with van der Waals surface area (Å²) < 4.78 is 5.46. The van der Waals surface area contributed by atoms with Crippen LogP contribution in [0.15, 0.2) is 47.1 Å². The Morgan fingerprint density at radius 3 is 2.67 bits per heavy atom. The Bertz CT molecular complexity index is 477. The van der Waals surface area contributed by atoms with Gasteiger partial charge in [-0.3, -0.25) is 0 Å². The molecule has 0 bridgehead atoms. The fourth-order valence-electron chi connectivity index (χ4n) is 1.94. The highest BCUT2D eigenvalue weighted by atomic mass is 16.3. The van der Waals surface area contributed by atoms with E-state index in [1.165, 1.54) is 5.69 Å². The summed E-state index contributed by atoms with van der Waals surface area (Å²) in [7, 11) is 4.09. The lowest BCUT2D eigenvalue weighted by Gasteiger charge is -2.18. The van der Waals surface area contributed by atoms with E-state index in [0.29, 0.717) is 0 Å². The number of nitrogens with one attached hydrogen (secondary N) is 1. The molecule has 1 atom stereocenters. The summed E-state index contributed by atoms with van der Waals surface area (Å²) in [6.07, 6.45) is 2.70. The minimum Gasteiger partial charge on any atom is -0.467 e. The smallest absolute Gasteiger partial charge is 0.125 e. The number of hydrogen-bond donors (Lipinski definition) is 1. The zero-order valence-corrected chi connectivity index (χ0v) is 11.2. The average Bonchev–Trinajstić information content (AvgIpc) is 2.90. The summed E-state index contributed by atoms with van der Waals surface area (Å²) in [5, 5.41) is 3.51. The van der Waals surface area contributed by atoms with Crippen LogP contribution in [0.5, 0.6) is 0 Å². The number of anilines is 2.